The molecule has 0 bridgehead atoms. The fourth-order valence-electron chi connectivity index (χ4n) is 2.75. The second kappa shape index (κ2) is 6.86. The predicted octanol–water partition coefficient (Wildman–Crippen LogP) is 3.08. The van der Waals surface area contributed by atoms with Crippen molar-refractivity contribution in [3.63, 3.8) is 0 Å². The minimum absolute atomic E-state index is 0.383. The van der Waals surface area contributed by atoms with Crippen LogP contribution >= 0.6 is 11.3 Å². The monoisotopic (exact) mass is 345 g/mol. The lowest BCUT2D eigenvalue weighted by Gasteiger charge is -2.13. The smallest absolute Gasteiger partial charge is 0.138 e. The molecule has 0 radical (unpaired) electrons. The lowest BCUT2D eigenvalue weighted by atomic mass is 10.0. The molecule has 3 aromatic rings. The van der Waals surface area contributed by atoms with Gasteiger partial charge in [0.05, 0.1) is 17.7 Å². The maximum Gasteiger partial charge on any atom is 0.138 e. The molecular weight excluding hydrogens is 322 g/mol. The van der Waals surface area contributed by atoms with Crippen LogP contribution in [0.3, 0.4) is 0 Å². The Labute approximate surface area is 145 Å². The molecule has 2 N–H and O–H groups in total. The molecule has 0 aromatic carbocycles. The Morgan fingerprint density at radius 3 is 2.79 bits per heavy atom. The summed E-state index contributed by atoms with van der Waals surface area (Å²) >= 11 is 1.65. The van der Waals surface area contributed by atoms with Crippen molar-refractivity contribution in [2.45, 2.75) is 33.3 Å². The number of aryl methyl sites for hydroxylation is 2. The Hall–Kier alpha value is -1.99. The van der Waals surface area contributed by atoms with Crippen LogP contribution < -0.4 is 5.32 Å². The molecule has 0 fully saturated rings. The Morgan fingerprint density at radius 1 is 1.33 bits per heavy atom. The van der Waals surface area contributed by atoms with Gasteiger partial charge in [-0.05, 0) is 30.2 Å². The molecule has 3 aromatic heterocycles. The van der Waals surface area contributed by atoms with Gasteiger partial charge in [-0.3, -0.25) is 4.68 Å². The summed E-state index contributed by atoms with van der Waals surface area (Å²) in [6, 6.07) is 0. The van der Waals surface area contributed by atoms with Crippen molar-refractivity contribution in [3.05, 3.63) is 34.7 Å². The first-order valence-corrected chi connectivity index (χ1v) is 8.97. The average Bonchev–Trinajstić information content (AvgIpc) is 3.11. The van der Waals surface area contributed by atoms with Crippen molar-refractivity contribution in [2.75, 3.05) is 11.9 Å². The third kappa shape index (κ3) is 3.57. The molecule has 1 unspecified atom stereocenters. The molecule has 24 heavy (non-hydrogen) atoms. The first-order chi connectivity index (χ1) is 11.4. The van der Waals surface area contributed by atoms with Gasteiger partial charge in [0.2, 0.25) is 0 Å². The van der Waals surface area contributed by atoms with Gasteiger partial charge in [-0.25, -0.2) is 9.97 Å². The molecule has 7 heteroatoms. The Bertz CT molecular complexity index is 839. The lowest BCUT2D eigenvalue weighted by Crippen LogP contribution is -2.13. The topological polar surface area (TPSA) is 75.9 Å². The average molecular weight is 345 g/mol. The highest BCUT2D eigenvalue weighted by atomic mass is 32.1. The quantitative estimate of drug-likeness (QED) is 0.718. The molecule has 0 aliphatic rings. The molecule has 3 heterocycles. The highest BCUT2D eigenvalue weighted by Crippen LogP contribution is 2.32. The fraction of sp³-hybridized carbons (Fsp3) is 0.471. The van der Waals surface area contributed by atoms with Gasteiger partial charge in [0, 0.05) is 25.4 Å². The van der Waals surface area contributed by atoms with Gasteiger partial charge in [0.1, 0.15) is 16.5 Å². The number of aromatic nitrogens is 4. The van der Waals surface area contributed by atoms with E-state index in [0.717, 1.165) is 33.8 Å². The van der Waals surface area contributed by atoms with Crippen LogP contribution in [0.2, 0.25) is 0 Å². The minimum atomic E-state index is -0.629. The molecule has 0 aliphatic heterocycles. The van der Waals surface area contributed by atoms with Crippen LogP contribution in [0.5, 0.6) is 0 Å². The summed E-state index contributed by atoms with van der Waals surface area (Å²) in [5.74, 6) is 2.11. The Balaban J connectivity index is 1.86. The predicted molar refractivity (Wildman–Crippen MR) is 97.4 cm³/mol. The zero-order valence-corrected chi connectivity index (χ0v) is 15.3. The summed E-state index contributed by atoms with van der Waals surface area (Å²) in [6.45, 7) is 6.69. The number of hydrogen-bond donors (Lipinski definition) is 2. The van der Waals surface area contributed by atoms with Gasteiger partial charge in [0.25, 0.3) is 0 Å². The lowest BCUT2D eigenvalue weighted by molar-refractivity contribution is 0.191. The number of nitrogens with zero attached hydrogens (tertiary/aromatic N) is 4. The van der Waals surface area contributed by atoms with E-state index in [9.17, 15) is 5.11 Å². The zero-order chi connectivity index (χ0) is 17.3. The van der Waals surface area contributed by atoms with Gasteiger partial charge >= 0.3 is 0 Å². The van der Waals surface area contributed by atoms with Crippen LogP contribution in [0, 0.1) is 12.8 Å². The van der Waals surface area contributed by atoms with Gasteiger partial charge < -0.3 is 10.4 Å². The van der Waals surface area contributed by atoms with E-state index in [1.165, 1.54) is 5.56 Å². The SMILES string of the molecule is Cc1nc(NCC(O)c2cnn(C)c2)c2c(CC(C)C)csc2n1. The summed E-state index contributed by atoms with van der Waals surface area (Å²) in [7, 11) is 1.84. The summed E-state index contributed by atoms with van der Waals surface area (Å²) < 4.78 is 1.69. The Kier molecular flexibility index (Phi) is 4.82. The van der Waals surface area contributed by atoms with Crippen LogP contribution in [0.1, 0.15) is 36.9 Å². The van der Waals surface area contributed by atoms with E-state index >= 15 is 0 Å². The molecule has 0 spiro atoms. The van der Waals surface area contributed by atoms with Crippen LogP contribution in [-0.2, 0) is 13.5 Å². The molecule has 3 rings (SSSR count). The van der Waals surface area contributed by atoms with Crippen LogP contribution in [0.4, 0.5) is 5.82 Å². The highest BCUT2D eigenvalue weighted by Gasteiger charge is 2.16. The van der Waals surface area contributed by atoms with E-state index in [1.54, 1.807) is 22.2 Å². The van der Waals surface area contributed by atoms with E-state index in [0.29, 0.717) is 12.5 Å². The maximum atomic E-state index is 10.3. The van der Waals surface area contributed by atoms with E-state index in [1.807, 2.05) is 20.2 Å². The van der Waals surface area contributed by atoms with Crippen molar-refractivity contribution in [1.82, 2.24) is 19.7 Å². The molecule has 6 nitrogen and oxygen atoms in total. The third-order valence-corrected chi connectivity index (χ3v) is 4.74. The first-order valence-electron chi connectivity index (χ1n) is 8.09. The number of anilines is 1. The molecule has 0 amide bonds. The van der Waals surface area contributed by atoms with Crippen LogP contribution in [0.15, 0.2) is 17.8 Å². The Morgan fingerprint density at radius 2 is 2.12 bits per heavy atom. The van der Waals surface area contributed by atoms with Gasteiger partial charge in [-0.15, -0.1) is 11.3 Å². The number of aliphatic hydroxyl groups is 1. The number of rotatable bonds is 6. The summed E-state index contributed by atoms with van der Waals surface area (Å²) in [6.07, 6.45) is 3.87. The number of hydrogen-bond acceptors (Lipinski definition) is 6. The van der Waals surface area contributed by atoms with E-state index in [2.05, 4.69) is 39.6 Å². The maximum absolute atomic E-state index is 10.3. The van der Waals surface area contributed by atoms with Gasteiger partial charge in [-0.2, -0.15) is 5.10 Å². The van der Waals surface area contributed by atoms with E-state index < -0.39 is 6.10 Å². The number of thiophene rings is 1. The largest absolute Gasteiger partial charge is 0.386 e. The second-order valence-corrected chi connectivity index (χ2v) is 7.36. The molecule has 128 valence electrons. The fourth-order valence-corrected chi connectivity index (χ4v) is 3.75. The van der Waals surface area contributed by atoms with Crippen molar-refractivity contribution in [3.8, 4) is 0 Å². The normalized spacial score (nSPS) is 12.9. The molecular formula is C17H23N5OS. The summed E-state index contributed by atoms with van der Waals surface area (Å²) in [5.41, 5.74) is 2.06. The minimum Gasteiger partial charge on any atom is -0.386 e. The molecule has 0 aliphatic carbocycles. The first kappa shape index (κ1) is 16.9. The van der Waals surface area contributed by atoms with E-state index in [-0.39, 0.29) is 0 Å². The molecule has 0 saturated carbocycles. The summed E-state index contributed by atoms with van der Waals surface area (Å²) in [4.78, 5) is 10.1. The van der Waals surface area contributed by atoms with Crippen molar-refractivity contribution in [2.24, 2.45) is 13.0 Å². The third-order valence-electron chi connectivity index (χ3n) is 3.82. The van der Waals surface area contributed by atoms with Gasteiger partial charge in [-0.1, -0.05) is 13.8 Å². The number of nitrogens with one attached hydrogen (secondary N) is 1. The van der Waals surface area contributed by atoms with E-state index in [4.69, 9.17) is 0 Å². The van der Waals surface area contributed by atoms with Crippen LogP contribution in [0.25, 0.3) is 10.2 Å². The highest BCUT2D eigenvalue weighted by molar-refractivity contribution is 7.17. The summed E-state index contributed by atoms with van der Waals surface area (Å²) in [5, 5.41) is 21.0. The number of fused-ring (bicyclic) bond motifs is 1. The molecule has 0 saturated heterocycles. The number of aliphatic hydroxyl groups excluding tert-OH is 1. The van der Waals surface area contributed by atoms with Crippen molar-refractivity contribution < 1.29 is 5.11 Å². The standard InChI is InChI=1S/C17H23N5OS/c1-10(2)5-12-9-24-17-15(12)16(20-11(3)21-17)18-7-14(23)13-6-19-22(4)8-13/h6,8-10,14,23H,5,7H2,1-4H3,(H,18,20,21). The van der Waals surface area contributed by atoms with Crippen molar-refractivity contribution in [1.29, 1.82) is 0 Å². The van der Waals surface area contributed by atoms with Gasteiger partial charge in [0.15, 0.2) is 0 Å². The molecule has 1 atom stereocenters. The zero-order valence-electron chi connectivity index (χ0n) is 14.4. The van der Waals surface area contributed by atoms with Crippen LogP contribution in [-0.4, -0.2) is 31.4 Å². The second-order valence-electron chi connectivity index (χ2n) is 6.50. The van der Waals surface area contributed by atoms with Crippen molar-refractivity contribution >= 4 is 27.4 Å².